The van der Waals surface area contributed by atoms with Crippen molar-refractivity contribution in [1.29, 1.82) is 0 Å². The summed E-state index contributed by atoms with van der Waals surface area (Å²) in [7, 11) is 0. The van der Waals surface area contributed by atoms with Crippen molar-refractivity contribution in [1.82, 2.24) is 35.1 Å². The molecule has 1 aromatic carbocycles. The van der Waals surface area contributed by atoms with Crippen LogP contribution in [0.2, 0.25) is 0 Å². The van der Waals surface area contributed by atoms with Crippen LogP contribution in [0.1, 0.15) is 66.2 Å². The molecule has 1 fully saturated rings. The molecule has 25 nitrogen and oxygen atoms in total. The minimum absolute atomic E-state index is 0.00395. The molecular formula is C42H59F6N9O16. The predicted octanol–water partition coefficient (Wildman–Crippen LogP) is -4.10. The molecule has 1 saturated carbocycles. The summed E-state index contributed by atoms with van der Waals surface area (Å²) in [5, 5.41) is 123. The molecule has 1 aliphatic rings. The number of carbonyl (C=O) groups excluding carboxylic acids is 3. The topological polar surface area (TPSA) is 418 Å². The number of aromatic nitrogens is 5. The maximum absolute atomic E-state index is 13.7. The van der Waals surface area contributed by atoms with E-state index in [1.54, 1.807) is 24.4 Å². The number of carboxylic acid groups (broad SMARTS) is 2. The molecule has 5 rings (SSSR count). The van der Waals surface area contributed by atoms with Gasteiger partial charge in [0.2, 0.25) is 0 Å². The second kappa shape index (κ2) is 26.9. The SMILES string of the molecule is CCn1c(CNC(=O)c2nc3cc[nH]c3nc2N)[n+](CC)c2ccc(C(=O)N[C@H]3CC[C@H](N(C[C@H](O)[C@@H](O)[C@H](O)[C@H](O)CO)C[C@H](O)[C@@H](O)[C@H](O)[C@H](O)CO)CC3)cc21.O=C(O)C(F)(F)F.O=C([O-])C(F)(F)F. The van der Waals surface area contributed by atoms with E-state index in [1.165, 1.54) is 4.90 Å². The van der Waals surface area contributed by atoms with Gasteiger partial charge in [-0.3, -0.25) is 14.5 Å². The molecule has 16 N–H and O–H groups in total. The second-order valence-electron chi connectivity index (χ2n) is 16.6. The molecular weight excluding hydrogens is 1000 g/mol. The highest BCUT2D eigenvalue weighted by molar-refractivity contribution is 5.98. The number of rotatable bonds is 20. The zero-order valence-corrected chi connectivity index (χ0v) is 39.0. The number of aliphatic hydroxyl groups excluding tert-OH is 10. The number of imidazole rings is 1. The van der Waals surface area contributed by atoms with Crippen molar-refractivity contribution in [2.45, 2.75) is 132 Å². The Morgan fingerprint density at radius 1 is 0.822 bits per heavy atom. The van der Waals surface area contributed by atoms with Gasteiger partial charge in [-0.2, -0.15) is 26.3 Å². The number of H-pyrrole nitrogens is 1. The van der Waals surface area contributed by atoms with Gasteiger partial charge in [0, 0.05) is 43.0 Å². The Kier molecular flexibility index (Phi) is 22.6. The van der Waals surface area contributed by atoms with Crippen LogP contribution < -0.4 is 26.0 Å². The largest absolute Gasteiger partial charge is 0.542 e. The molecule has 0 bridgehead atoms. The van der Waals surface area contributed by atoms with Crippen LogP contribution in [0, 0.1) is 0 Å². The van der Waals surface area contributed by atoms with Gasteiger partial charge in [-0.1, -0.05) is 0 Å². The summed E-state index contributed by atoms with van der Waals surface area (Å²) in [6.07, 6.45) is -21.3. The molecule has 0 spiro atoms. The maximum Gasteiger partial charge on any atom is 0.490 e. The highest BCUT2D eigenvalue weighted by atomic mass is 19.4. The van der Waals surface area contributed by atoms with Gasteiger partial charge in [-0.25, -0.2) is 23.9 Å². The van der Waals surface area contributed by atoms with Crippen molar-refractivity contribution in [3.05, 3.63) is 47.5 Å². The van der Waals surface area contributed by atoms with Gasteiger partial charge in [0.05, 0.1) is 38.5 Å². The zero-order chi connectivity index (χ0) is 55.3. The first-order valence-corrected chi connectivity index (χ1v) is 22.3. The van der Waals surface area contributed by atoms with Crippen molar-refractivity contribution in [3.8, 4) is 0 Å². The maximum atomic E-state index is 13.7. The number of hydrogen-bond donors (Lipinski definition) is 15. The summed E-state index contributed by atoms with van der Waals surface area (Å²) < 4.78 is 67.4. The van der Waals surface area contributed by atoms with Gasteiger partial charge in [0.1, 0.15) is 54.7 Å². The quantitative estimate of drug-likeness (QED) is 0.0295. The molecule has 8 atom stereocenters. The molecule has 4 aromatic rings. The predicted molar refractivity (Wildman–Crippen MR) is 235 cm³/mol. The van der Waals surface area contributed by atoms with Crippen molar-refractivity contribution < 1.29 is 111 Å². The lowest BCUT2D eigenvalue weighted by atomic mass is 9.89. The van der Waals surface area contributed by atoms with Crippen LogP contribution >= 0.6 is 0 Å². The fourth-order valence-corrected chi connectivity index (χ4v) is 7.77. The van der Waals surface area contributed by atoms with Crippen molar-refractivity contribution in [3.63, 3.8) is 0 Å². The van der Waals surface area contributed by atoms with E-state index in [0.29, 0.717) is 55.5 Å². The number of nitrogens with zero attached hydrogens (tertiary/aromatic N) is 5. The van der Waals surface area contributed by atoms with Crippen LogP contribution in [-0.4, -0.2) is 204 Å². The van der Waals surface area contributed by atoms with E-state index >= 15 is 0 Å². The van der Waals surface area contributed by atoms with Crippen molar-refractivity contribution in [2.75, 3.05) is 32.0 Å². The number of benzene rings is 1. The van der Waals surface area contributed by atoms with Gasteiger partial charge < -0.3 is 87.4 Å². The molecule has 0 aliphatic heterocycles. The first kappa shape index (κ1) is 61.4. The summed E-state index contributed by atoms with van der Waals surface area (Å²) >= 11 is 0. The fourth-order valence-electron chi connectivity index (χ4n) is 7.77. The van der Waals surface area contributed by atoms with Gasteiger partial charge in [0.15, 0.2) is 28.2 Å². The number of aromatic amines is 1. The summed E-state index contributed by atoms with van der Waals surface area (Å²) in [6, 6.07) is 6.42. The van der Waals surface area contributed by atoms with Crippen LogP contribution in [0.4, 0.5) is 32.2 Å². The van der Waals surface area contributed by atoms with E-state index in [2.05, 4.69) is 30.2 Å². The Balaban J connectivity index is 0.000000878. The van der Waals surface area contributed by atoms with E-state index in [-0.39, 0.29) is 49.1 Å². The highest BCUT2D eigenvalue weighted by Crippen LogP contribution is 2.26. The molecule has 1 aliphatic carbocycles. The van der Waals surface area contributed by atoms with E-state index in [1.807, 2.05) is 24.5 Å². The number of hydrogen-bond acceptors (Lipinski definition) is 19. The van der Waals surface area contributed by atoms with Crippen LogP contribution in [0.15, 0.2) is 30.5 Å². The number of nitrogen functional groups attached to an aromatic ring is 1. The lowest BCUT2D eigenvalue weighted by molar-refractivity contribution is -0.676. The first-order valence-electron chi connectivity index (χ1n) is 22.3. The number of carbonyl (C=O) groups is 4. The average molecular weight is 1060 g/mol. The standard InChI is InChI=1S/C38H57N9O12.2C2HF3O2/c1-3-46-23-10-5-19(13-24(23)47(4-2)29(46)14-41-38(59)30-35(39)44-36-22(43-30)11-12-40-36)37(58)42-20-6-8-21(9-7-20)45(15-25(50)31(54)33(56)27(52)17-48)16-26(51)32(55)34(57)28(53)18-49;2*3-2(4,5)1(6)7/h5,10-13,20-21,25-28,31-34,48-57H,3-4,6-9,14-18H2,1-2H3,(H4-,39,40,41,42,43,44,58,59);2*(H,6,7)/t20-,21-,25-,26-,27+,28+,31+,32+,33+,34+;;/m0../s1. The lowest BCUT2D eigenvalue weighted by Gasteiger charge is -2.40. The van der Waals surface area contributed by atoms with Crippen molar-refractivity contribution in [2.24, 2.45) is 0 Å². The third kappa shape index (κ3) is 16.6. The Hall–Kier alpha value is -5.87. The third-order valence-corrected chi connectivity index (χ3v) is 11.6. The van der Waals surface area contributed by atoms with Gasteiger partial charge in [-0.05, 0) is 57.7 Å². The Labute approximate surface area is 409 Å². The molecule has 0 saturated heterocycles. The number of fused-ring (bicyclic) bond motifs is 2. The van der Waals surface area contributed by atoms with Gasteiger partial charge in [-0.15, -0.1) is 0 Å². The molecule has 2 amide bonds. The number of amides is 2. The smallest absolute Gasteiger partial charge is 0.490 e. The van der Waals surface area contributed by atoms with Crippen LogP contribution in [0.5, 0.6) is 0 Å². The number of aliphatic carboxylic acids is 2. The monoisotopic (exact) mass is 1060 g/mol. The molecule has 0 unspecified atom stereocenters. The minimum atomic E-state index is -5.19. The number of anilines is 1. The Morgan fingerprint density at radius 2 is 1.33 bits per heavy atom. The normalized spacial score (nSPS) is 18.5. The fraction of sp³-hybridized carbons (Fsp3) is 0.595. The summed E-state index contributed by atoms with van der Waals surface area (Å²) in [5.74, 6) is -5.77. The number of aliphatic hydroxyl groups is 10. The van der Waals surface area contributed by atoms with Crippen LogP contribution in [-0.2, 0) is 29.2 Å². The minimum Gasteiger partial charge on any atom is -0.542 e. The molecule has 31 heteroatoms. The summed E-state index contributed by atoms with van der Waals surface area (Å²) in [6.45, 7) is 2.72. The lowest BCUT2D eigenvalue weighted by Crippen LogP contribution is -2.56. The molecule has 0 radical (unpaired) electrons. The first-order chi connectivity index (χ1) is 34.0. The number of halogens is 6. The summed E-state index contributed by atoms with van der Waals surface area (Å²) in [4.78, 5) is 57.6. The number of aryl methyl sites for hydroxylation is 2. The summed E-state index contributed by atoms with van der Waals surface area (Å²) in [5.41, 5.74) is 9.09. The average Bonchev–Trinajstić information content (AvgIpc) is 3.93. The van der Waals surface area contributed by atoms with E-state index in [4.69, 9.17) is 25.5 Å². The number of nitrogens with one attached hydrogen (secondary N) is 3. The third-order valence-electron chi connectivity index (χ3n) is 11.6. The van der Waals surface area contributed by atoms with E-state index < -0.39 is 92.2 Å². The number of alkyl halides is 6. The zero-order valence-electron chi connectivity index (χ0n) is 39.0. The van der Waals surface area contributed by atoms with Crippen LogP contribution in [0.3, 0.4) is 0 Å². The molecule has 3 heterocycles. The Morgan fingerprint density at radius 3 is 1.78 bits per heavy atom. The highest BCUT2D eigenvalue weighted by Gasteiger charge is 2.39. The van der Waals surface area contributed by atoms with Crippen molar-refractivity contribution >= 4 is 51.8 Å². The van der Waals surface area contributed by atoms with E-state index in [9.17, 15) is 87.0 Å². The number of nitrogens with two attached hydrogens (primary N) is 1. The van der Waals surface area contributed by atoms with Gasteiger partial charge in [0.25, 0.3) is 17.6 Å². The number of carboxylic acids is 2. The Bertz CT molecular complexity index is 2400. The molecule has 3 aromatic heterocycles. The van der Waals surface area contributed by atoms with Crippen LogP contribution in [0.25, 0.3) is 22.2 Å². The van der Waals surface area contributed by atoms with E-state index in [0.717, 1.165) is 16.9 Å². The van der Waals surface area contributed by atoms with Gasteiger partial charge >= 0.3 is 18.3 Å². The molecule has 410 valence electrons. The molecule has 73 heavy (non-hydrogen) atoms. The second-order valence-corrected chi connectivity index (χ2v) is 16.6.